The summed E-state index contributed by atoms with van der Waals surface area (Å²) in [5.74, 6) is -2.58. The number of aliphatic hydroxyl groups excluding tert-OH is 3. The van der Waals surface area contributed by atoms with Crippen molar-refractivity contribution in [1.29, 1.82) is 0 Å². The van der Waals surface area contributed by atoms with Crippen LogP contribution in [0.25, 0.3) is 0 Å². The maximum absolute atomic E-state index is 12.7. The fraction of sp³-hybridized carbons (Fsp3) is 0.651. The maximum atomic E-state index is 12.7. The molecule has 0 aliphatic carbocycles. The molecule has 306 valence electrons. The number of aliphatic carboxylic acids is 1. The van der Waals surface area contributed by atoms with Crippen LogP contribution in [0.1, 0.15) is 129 Å². The molecule has 0 amide bonds. The lowest BCUT2D eigenvalue weighted by molar-refractivity contribution is -0.298. The Bertz CT molecular complexity index is 1170. The molecule has 1 saturated heterocycles. The Morgan fingerprint density at radius 1 is 0.593 bits per heavy atom. The van der Waals surface area contributed by atoms with Gasteiger partial charge in [0.05, 0.1) is 6.61 Å². The number of esters is 2. The highest BCUT2D eigenvalue weighted by atomic mass is 16.7. The van der Waals surface area contributed by atoms with E-state index in [2.05, 4.69) is 74.6 Å². The zero-order valence-electron chi connectivity index (χ0n) is 32.7. The normalized spacial score (nSPS) is 21.4. The van der Waals surface area contributed by atoms with Gasteiger partial charge in [-0.05, 0) is 70.6 Å². The fourth-order valence-electron chi connectivity index (χ4n) is 5.39. The molecule has 0 spiro atoms. The Hall–Kier alpha value is -3.35. The van der Waals surface area contributed by atoms with Crippen molar-refractivity contribution in [3.05, 3.63) is 72.9 Å². The first-order chi connectivity index (χ1) is 26.2. The first kappa shape index (κ1) is 48.7. The van der Waals surface area contributed by atoms with Crippen LogP contribution < -0.4 is 0 Å². The average molecular weight is 761 g/mol. The average Bonchev–Trinajstić information content (AvgIpc) is 3.15. The van der Waals surface area contributed by atoms with Gasteiger partial charge in [0.25, 0.3) is 0 Å². The molecule has 1 heterocycles. The van der Waals surface area contributed by atoms with E-state index in [4.69, 9.17) is 18.9 Å². The fourth-order valence-corrected chi connectivity index (χ4v) is 5.39. The Kier molecular flexibility index (Phi) is 29.8. The molecule has 1 aliphatic rings. The van der Waals surface area contributed by atoms with Crippen molar-refractivity contribution in [2.45, 2.75) is 166 Å². The Balaban J connectivity index is 2.49. The van der Waals surface area contributed by atoms with Crippen LogP contribution in [0.3, 0.4) is 0 Å². The minimum atomic E-state index is -1.87. The van der Waals surface area contributed by atoms with Crippen molar-refractivity contribution in [3.63, 3.8) is 0 Å². The molecule has 11 nitrogen and oxygen atoms in total. The maximum Gasteiger partial charge on any atom is 0.335 e. The van der Waals surface area contributed by atoms with E-state index in [9.17, 15) is 34.8 Å². The van der Waals surface area contributed by atoms with Crippen LogP contribution in [0.15, 0.2) is 72.9 Å². The Morgan fingerprint density at radius 2 is 1.13 bits per heavy atom. The summed E-state index contributed by atoms with van der Waals surface area (Å²) in [6, 6.07) is 0. The van der Waals surface area contributed by atoms with Crippen molar-refractivity contribution in [2.24, 2.45) is 0 Å². The van der Waals surface area contributed by atoms with Crippen LogP contribution in [0, 0.1) is 0 Å². The third-order valence-electron chi connectivity index (χ3n) is 8.55. The van der Waals surface area contributed by atoms with Crippen LogP contribution in [-0.4, -0.2) is 88.4 Å². The van der Waals surface area contributed by atoms with Gasteiger partial charge < -0.3 is 39.4 Å². The van der Waals surface area contributed by atoms with E-state index in [1.165, 1.54) is 19.3 Å². The molecule has 0 bridgehead atoms. The summed E-state index contributed by atoms with van der Waals surface area (Å²) < 4.78 is 21.5. The molecule has 54 heavy (non-hydrogen) atoms. The molecule has 0 aromatic heterocycles. The minimum Gasteiger partial charge on any atom is -0.479 e. The van der Waals surface area contributed by atoms with Crippen molar-refractivity contribution < 1.29 is 53.8 Å². The molecule has 4 N–H and O–H groups in total. The van der Waals surface area contributed by atoms with E-state index in [0.29, 0.717) is 12.8 Å². The standard InChI is InChI=1S/C43H68O11/c1-3-5-7-9-11-13-15-17-18-20-22-24-26-28-30-32-37(45)53-35(34-52-43-40(48)38(46)39(47)41(54-43)42(49)50)33-51-36(44)31-29-27-25-23-21-19-16-14-12-10-8-6-4-2/h6,8,11-14,17-19,21,25,27,35,38-41,43,46-48H,3-5,7,9-10,15-16,20,22-24,26,28-34H2,1-2H3,(H,49,50)/b8-6-,13-11-,14-12-,18-17-,21-19-,27-25-. The van der Waals surface area contributed by atoms with Gasteiger partial charge in [-0.25, -0.2) is 4.79 Å². The molecule has 0 radical (unpaired) electrons. The summed E-state index contributed by atoms with van der Waals surface area (Å²) >= 11 is 0. The van der Waals surface area contributed by atoms with Crippen molar-refractivity contribution in [1.82, 2.24) is 0 Å². The van der Waals surface area contributed by atoms with Crippen molar-refractivity contribution in [2.75, 3.05) is 13.2 Å². The van der Waals surface area contributed by atoms with Gasteiger partial charge in [-0.15, -0.1) is 0 Å². The highest BCUT2D eigenvalue weighted by molar-refractivity contribution is 5.73. The lowest BCUT2D eigenvalue weighted by Crippen LogP contribution is -2.60. The van der Waals surface area contributed by atoms with Gasteiger partial charge in [-0.2, -0.15) is 0 Å². The van der Waals surface area contributed by atoms with E-state index >= 15 is 0 Å². The van der Waals surface area contributed by atoms with E-state index in [-0.39, 0.29) is 19.4 Å². The second-order valence-electron chi connectivity index (χ2n) is 13.4. The summed E-state index contributed by atoms with van der Waals surface area (Å²) in [7, 11) is 0. The van der Waals surface area contributed by atoms with E-state index in [1.807, 2.05) is 12.2 Å². The van der Waals surface area contributed by atoms with Gasteiger partial charge in [-0.3, -0.25) is 9.59 Å². The Morgan fingerprint density at radius 3 is 1.72 bits per heavy atom. The smallest absolute Gasteiger partial charge is 0.335 e. The molecular formula is C43H68O11. The summed E-state index contributed by atoms with van der Waals surface area (Å²) in [4.78, 5) is 36.6. The minimum absolute atomic E-state index is 0.108. The highest BCUT2D eigenvalue weighted by Crippen LogP contribution is 2.23. The van der Waals surface area contributed by atoms with Crippen LogP contribution in [-0.2, 0) is 33.3 Å². The van der Waals surface area contributed by atoms with Gasteiger partial charge in [0, 0.05) is 12.8 Å². The van der Waals surface area contributed by atoms with E-state index in [1.54, 1.807) is 0 Å². The lowest BCUT2D eigenvalue weighted by Gasteiger charge is -2.38. The lowest BCUT2D eigenvalue weighted by atomic mass is 9.99. The van der Waals surface area contributed by atoms with Gasteiger partial charge in [0.1, 0.15) is 24.9 Å². The van der Waals surface area contributed by atoms with E-state index in [0.717, 1.165) is 70.6 Å². The van der Waals surface area contributed by atoms with Crippen LogP contribution in [0.4, 0.5) is 0 Å². The van der Waals surface area contributed by atoms with Crippen molar-refractivity contribution >= 4 is 17.9 Å². The SMILES string of the molecule is CC/C=C\C/C=C\C/C=C\C/C=C\CCC(=O)OCC(COC1OC(C(=O)O)C(O)C(O)C1O)OC(=O)CCCCCCC/C=C\C/C=C\CCCCC. The second kappa shape index (κ2) is 33.0. The molecule has 0 aromatic rings. The Labute approximate surface area is 323 Å². The second-order valence-corrected chi connectivity index (χ2v) is 13.4. The van der Waals surface area contributed by atoms with Crippen molar-refractivity contribution in [3.8, 4) is 0 Å². The first-order valence-electron chi connectivity index (χ1n) is 20.0. The molecule has 1 fully saturated rings. The number of ether oxygens (including phenoxy) is 4. The van der Waals surface area contributed by atoms with Crippen LogP contribution in [0.2, 0.25) is 0 Å². The number of hydrogen-bond acceptors (Lipinski definition) is 10. The number of aliphatic hydroxyl groups is 3. The van der Waals surface area contributed by atoms with E-state index < -0.39 is 61.3 Å². The number of allylic oxidation sites excluding steroid dienone is 12. The predicted molar refractivity (Wildman–Crippen MR) is 210 cm³/mol. The molecule has 11 heteroatoms. The molecule has 0 saturated carbocycles. The predicted octanol–water partition coefficient (Wildman–Crippen LogP) is 7.75. The highest BCUT2D eigenvalue weighted by Gasteiger charge is 2.47. The number of carbonyl (C=O) groups excluding carboxylic acids is 2. The van der Waals surface area contributed by atoms with Crippen LogP contribution in [0.5, 0.6) is 0 Å². The quantitative estimate of drug-likeness (QED) is 0.0310. The third-order valence-corrected chi connectivity index (χ3v) is 8.55. The summed E-state index contributed by atoms with van der Waals surface area (Å²) in [6.07, 6.45) is 31.2. The summed E-state index contributed by atoms with van der Waals surface area (Å²) in [5, 5.41) is 39.7. The van der Waals surface area contributed by atoms with Gasteiger partial charge >= 0.3 is 17.9 Å². The van der Waals surface area contributed by atoms with Gasteiger partial charge in [0.15, 0.2) is 18.5 Å². The molecular weight excluding hydrogens is 692 g/mol. The number of unbranched alkanes of at least 4 members (excludes halogenated alkanes) is 8. The molecule has 6 unspecified atom stereocenters. The molecule has 1 aliphatic heterocycles. The summed E-state index contributed by atoms with van der Waals surface area (Å²) in [6.45, 7) is 3.56. The molecule has 0 aromatic carbocycles. The number of rotatable bonds is 31. The zero-order valence-corrected chi connectivity index (χ0v) is 32.7. The van der Waals surface area contributed by atoms with Crippen LogP contribution >= 0.6 is 0 Å². The number of hydrogen-bond donors (Lipinski definition) is 4. The third kappa shape index (κ3) is 24.9. The largest absolute Gasteiger partial charge is 0.479 e. The first-order valence-corrected chi connectivity index (χ1v) is 20.0. The van der Waals surface area contributed by atoms with Gasteiger partial charge in [0.2, 0.25) is 0 Å². The number of carboxylic acid groups (broad SMARTS) is 1. The topological polar surface area (TPSA) is 169 Å². The van der Waals surface area contributed by atoms with Gasteiger partial charge in [-0.1, -0.05) is 119 Å². The monoisotopic (exact) mass is 760 g/mol. The zero-order chi connectivity index (χ0) is 39.7. The summed E-state index contributed by atoms with van der Waals surface area (Å²) in [5.41, 5.74) is 0. The molecule has 1 rings (SSSR count). The number of carbonyl (C=O) groups is 3. The molecule has 6 atom stereocenters. The number of carboxylic acids is 1.